The molecular weight excluding hydrogens is 258 g/mol. The number of rotatable bonds is 3. The summed E-state index contributed by atoms with van der Waals surface area (Å²) in [4.78, 5) is 0. The highest BCUT2D eigenvalue weighted by Crippen LogP contribution is 2.38. The molecule has 2 unspecified atom stereocenters. The van der Waals surface area contributed by atoms with Crippen molar-refractivity contribution in [2.75, 3.05) is 18.1 Å². The van der Waals surface area contributed by atoms with Gasteiger partial charge in [-0.15, -0.1) is 0 Å². The summed E-state index contributed by atoms with van der Waals surface area (Å²) in [7, 11) is 0. The van der Waals surface area contributed by atoms with Crippen LogP contribution in [0.15, 0.2) is 24.3 Å². The molecule has 2 N–H and O–H groups in total. The highest BCUT2D eigenvalue weighted by Gasteiger charge is 2.40. The normalized spacial score (nSPS) is 30.8. The third-order valence-corrected chi connectivity index (χ3v) is 5.31. The van der Waals surface area contributed by atoms with Crippen molar-refractivity contribution >= 4 is 11.8 Å². The van der Waals surface area contributed by atoms with E-state index >= 15 is 0 Å². The fourth-order valence-electron chi connectivity index (χ4n) is 2.94. The number of hydrogen-bond acceptors (Lipinski definition) is 4. The fraction of sp³-hybridized carbons (Fsp3) is 0.600. The zero-order valence-corrected chi connectivity index (χ0v) is 11.9. The number of benzene rings is 1. The first kappa shape index (κ1) is 13.3. The lowest BCUT2D eigenvalue weighted by molar-refractivity contribution is -0.0703. The van der Waals surface area contributed by atoms with Crippen LogP contribution in [0.5, 0.6) is 5.75 Å². The molecule has 0 aliphatic carbocycles. The van der Waals surface area contributed by atoms with Crippen molar-refractivity contribution in [2.24, 2.45) is 0 Å². The molecular formula is C15H21NO2S. The van der Waals surface area contributed by atoms with E-state index in [2.05, 4.69) is 5.32 Å². The van der Waals surface area contributed by atoms with Crippen molar-refractivity contribution in [3.05, 3.63) is 29.8 Å². The third kappa shape index (κ3) is 3.25. The Morgan fingerprint density at radius 3 is 2.95 bits per heavy atom. The second kappa shape index (κ2) is 5.73. The first-order chi connectivity index (χ1) is 9.26. The lowest BCUT2D eigenvalue weighted by Gasteiger charge is -2.38. The summed E-state index contributed by atoms with van der Waals surface area (Å²) in [5.74, 6) is 2.73. The molecule has 0 radical (unpaired) electrons. The summed E-state index contributed by atoms with van der Waals surface area (Å²) in [6.07, 6.45) is 3.44. The maximum Gasteiger partial charge on any atom is 0.115 e. The van der Waals surface area contributed by atoms with Crippen molar-refractivity contribution in [3.8, 4) is 5.75 Å². The van der Waals surface area contributed by atoms with E-state index in [0.717, 1.165) is 31.7 Å². The van der Waals surface area contributed by atoms with Gasteiger partial charge in [0.05, 0.1) is 5.60 Å². The van der Waals surface area contributed by atoms with Crippen molar-refractivity contribution in [3.63, 3.8) is 0 Å². The highest BCUT2D eigenvalue weighted by molar-refractivity contribution is 7.99. The summed E-state index contributed by atoms with van der Waals surface area (Å²) in [6.45, 7) is 1.75. The van der Waals surface area contributed by atoms with Gasteiger partial charge in [-0.2, -0.15) is 11.8 Å². The predicted octanol–water partition coefficient (Wildman–Crippen LogP) is 2.54. The van der Waals surface area contributed by atoms with E-state index in [1.165, 1.54) is 17.7 Å². The largest absolute Gasteiger partial charge is 0.508 e. The van der Waals surface area contributed by atoms with Crippen molar-refractivity contribution in [1.29, 1.82) is 0 Å². The van der Waals surface area contributed by atoms with Crippen molar-refractivity contribution < 1.29 is 9.84 Å². The first-order valence-corrected chi connectivity index (χ1v) is 8.14. The Balaban J connectivity index is 1.53. The number of thioether (sulfide) groups is 1. The summed E-state index contributed by atoms with van der Waals surface area (Å²) in [6, 6.07) is 8.00. The third-order valence-electron chi connectivity index (χ3n) is 4.09. The standard InChI is InChI=1S/C15H21NO2S/c17-14-3-1-12(2-4-14)10-16-13-5-7-18-15(9-13)6-8-19-11-15/h1-4,13,16-17H,5-11H2. The monoisotopic (exact) mass is 279 g/mol. The summed E-state index contributed by atoms with van der Waals surface area (Å²) in [5.41, 5.74) is 1.37. The molecule has 19 heavy (non-hydrogen) atoms. The Labute approximate surface area is 118 Å². The van der Waals surface area contributed by atoms with Gasteiger partial charge in [0.1, 0.15) is 5.75 Å². The van der Waals surface area contributed by atoms with Gasteiger partial charge in [0.15, 0.2) is 0 Å². The second-order valence-electron chi connectivity index (χ2n) is 5.57. The quantitative estimate of drug-likeness (QED) is 0.892. The van der Waals surface area contributed by atoms with Gasteiger partial charge in [0.25, 0.3) is 0 Å². The number of hydrogen-bond donors (Lipinski definition) is 2. The molecule has 0 bridgehead atoms. The van der Waals surface area contributed by atoms with Gasteiger partial charge in [-0.05, 0) is 42.7 Å². The average molecular weight is 279 g/mol. The van der Waals surface area contributed by atoms with Crippen LogP contribution >= 0.6 is 11.8 Å². The maximum absolute atomic E-state index is 9.27. The van der Waals surface area contributed by atoms with Gasteiger partial charge >= 0.3 is 0 Å². The number of phenols is 1. The molecule has 1 aromatic rings. The number of ether oxygens (including phenoxy) is 1. The molecule has 2 aliphatic rings. The SMILES string of the molecule is Oc1ccc(CNC2CCOC3(CCSC3)C2)cc1. The van der Waals surface area contributed by atoms with E-state index in [0.29, 0.717) is 11.8 Å². The maximum atomic E-state index is 9.27. The zero-order valence-electron chi connectivity index (χ0n) is 11.1. The minimum atomic E-state index is 0.148. The van der Waals surface area contributed by atoms with Gasteiger partial charge in [0.2, 0.25) is 0 Å². The topological polar surface area (TPSA) is 41.5 Å². The Bertz CT molecular complexity index is 415. The van der Waals surface area contributed by atoms with E-state index in [9.17, 15) is 5.11 Å². The predicted molar refractivity (Wildman–Crippen MR) is 78.6 cm³/mol. The average Bonchev–Trinajstić information content (AvgIpc) is 2.86. The van der Waals surface area contributed by atoms with Crippen LogP contribution < -0.4 is 5.32 Å². The van der Waals surface area contributed by atoms with E-state index in [4.69, 9.17) is 4.74 Å². The van der Waals surface area contributed by atoms with Crippen molar-refractivity contribution in [1.82, 2.24) is 5.32 Å². The van der Waals surface area contributed by atoms with Crippen LogP contribution in [0.2, 0.25) is 0 Å². The molecule has 1 aromatic carbocycles. The van der Waals surface area contributed by atoms with Crippen LogP contribution in [0.25, 0.3) is 0 Å². The molecule has 2 heterocycles. The molecule has 2 aliphatic heterocycles. The van der Waals surface area contributed by atoms with Gasteiger partial charge < -0.3 is 15.2 Å². The molecule has 3 rings (SSSR count). The summed E-state index contributed by atoms with van der Waals surface area (Å²) < 4.78 is 6.03. The number of aromatic hydroxyl groups is 1. The minimum absolute atomic E-state index is 0.148. The van der Waals surface area contributed by atoms with Crippen LogP contribution in [0.4, 0.5) is 0 Å². The number of nitrogens with one attached hydrogen (secondary N) is 1. The van der Waals surface area contributed by atoms with Gasteiger partial charge in [-0.3, -0.25) is 0 Å². The van der Waals surface area contributed by atoms with E-state index < -0.39 is 0 Å². The molecule has 2 atom stereocenters. The number of phenolic OH excluding ortho intramolecular Hbond substituents is 1. The Hall–Kier alpha value is -0.710. The highest BCUT2D eigenvalue weighted by atomic mass is 32.2. The minimum Gasteiger partial charge on any atom is -0.508 e. The molecule has 2 fully saturated rings. The Kier molecular flexibility index (Phi) is 4.01. The lowest BCUT2D eigenvalue weighted by Crippen LogP contribution is -2.47. The van der Waals surface area contributed by atoms with Gasteiger partial charge in [-0.25, -0.2) is 0 Å². The molecule has 3 nitrogen and oxygen atoms in total. The Morgan fingerprint density at radius 1 is 1.37 bits per heavy atom. The Morgan fingerprint density at radius 2 is 2.21 bits per heavy atom. The molecule has 1 spiro atoms. The molecule has 2 saturated heterocycles. The fourth-order valence-corrected chi connectivity index (χ4v) is 4.32. The van der Waals surface area contributed by atoms with Crippen LogP contribution in [0.3, 0.4) is 0 Å². The van der Waals surface area contributed by atoms with Crippen LogP contribution in [-0.2, 0) is 11.3 Å². The van der Waals surface area contributed by atoms with Crippen LogP contribution in [-0.4, -0.2) is 34.9 Å². The van der Waals surface area contributed by atoms with E-state index in [1.807, 2.05) is 23.9 Å². The molecule has 0 saturated carbocycles. The smallest absolute Gasteiger partial charge is 0.115 e. The lowest BCUT2D eigenvalue weighted by atomic mass is 9.90. The summed E-state index contributed by atoms with van der Waals surface area (Å²) in [5, 5.41) is 12.9. The molecule has 0 amide bonds. The zero-order chi connectivity index (χ0) is 13.1. The molecule has 104 valence electrons. The van der Waals surface area contributed by atoms with Crippen molar-refractivity contribution in [2.45, 2.75) is 37.5 Å². The first-order valence-electron chi connectivity index (χ1n) is 6.99. The van der Waals surface area contributed by atoms with Gasteiger partial charge in [-0.1, -0.05) is 12.1 Å². The summed E-state index contributed by atoms with van der Waals surface area (Å²) >= 11 is 2.02. The van der Waals surface area contributed by atoms with Crippen LogP contribution in [0.1, 0.15) is 24.8 Å². The van der Waals surface area contributed by atoms with Gasteiger partial charge in [0, 0.05) is 24.9 Å². The van der Waals surface area contributed by atoms with Crippen LogP contribution in [0, 0.1) is 0 Å². The van der Waals surface area contributed by atoms with E-state index in [-0.39, 0.29) is 5.60 Å². The molecule has 0 aromatic heterocycles. The second-order valence-corrected chi connectivity index (χ2v) is 6.68. The van der Waals surface area contributed by atoms with E-state index in [1.54, 1.807) is 12.1 Å². The molecule has 4 heteroatoms.